The predicted molar refractivity (Wildman–Crippen MR) is 48.3 cm³/mol. The van der Waals surface area contributed by atoms with E-state index in [1.165, 1.54) is 7.05 Å². The molecule has 0 radical (unpaired) electrons. The van der Waals surface area contributed by atoms with Crippen LogP contribution in [0.1, 0.15) is 17.3 Å². The first-order valence-electron chi connectivity index (χ1n) is 4.03. The monoisotopic (exact) mass is 198 g/mol. The van der Waals surface area contributed by atoms with Crippen molar-refractivity contribution in [2.24, 2.45) is 7.05 Å². The Labute approximate surface area is 79.1 Å². The van der Waals surface area contributed by atoms with Crippen LogP contribution in [0.4, 0.5) is 0 Å². The van der Waals surface area contributed by atoms with Crippen LogP contribution in [0.25, 0.3) is 0 Å². The molecule has 6 heteroatoms. The number of nitrogens with zero attached hydrogens (tertiary/aromatic N) is 1. The smallest absolute Gasteiger partial charge is 0.345 e. The lowest BCUT2D eigenvalue weighted by Gasteiger charge is -2.01. The fourth-order valence-electron chi connectivity index (χ4n) is 0.920. The number of rotatable bonds is 2. The van der Waals surface area contributed by atoms with Gasteiger partial charge in [0.05, 0.1) is 6.61 Å². The number of aromatic nitrogens is 2. The van der Waals surface area contributed by atoms with Gasteiger partial charge in [-0.25, -0.2) is 9.59 Å². The number of esters is 1. The summed E-state index contributed by atoms with van der Waals surface area (Å²) in [5.41, 5.74) is -1.40. The van der Waals surface area contributed by atoms with E-state index in [4.69, 9.17) is 0 Å². The molecule has 14 heavy (non-hydrogen) atoms. The van der Waals surface area contributed by atoms with E-state index in [0.29, 0.717) is 0 Å². The number of hydrogen-bond donors (Lipinski definition) is 1. The summed E-state index contributed by atoms with van der Waals surface area (Å²) in [6.45, 7) is 1.81. The van der Waals surface area contributed by atoms with Crippen molar-refractivity contribution in [1.29, 1.82) is 0 Å². The molecule has 0 fully saturated rings. The molecule has 0 spiro atoms. The van der Waals surface area contributed by atoms with Crippen molar-refractivity contribution in [3.05, 3.63) is 32.6 Å². The lowest BCUT2D eigenvalue weighted by atomic mass is 10.3. The van der Waals surface area contributed by atoms with Crippen molar-refractivity contribution >= 4 is 5.97 Å². The predicted octanol–water partition coefficient (Wildman–Crippen LogP) is -0.750. The van der Waals surface area contributed by atoms with Gasteiger partial charge in [0.1, 0.15) is 5.56 Å². The fraction of sp³-hybridized carbons (Fsp3) is 0.375. The molecule has 1 aromatic heterocycles. The van der Waals surface area contributed by atoms with Crippen LogP contribution in [-0.4, -0.2) is 22.1 Å². The average Bonchev–Trinajstić information content (AvgIpc) is 2.15. The topological polar surface area (TPSA) is 81.2 Å². The molecule has 0 aromatic carbocycles. The summed E-state index contributed by atoms with van der Waals surface area (Å²) in [4.78, 5) is 35.7. The van der Waals surface area contributed by atoms with Crippen LogP contribution in [-0.2, 0) is 11.8 Å². The molecule has 0 unspecified atom stereocenters. The molecule has 0 aliphatic rings. The van der Waals surface area contributed by atoms with Gasteiger partial charge < -0.3 is 9.72 Å². The zero-order valence-corrected chi connectivity index (χ0v) is 7.86. The molecular formula is C8H10N2O4. The first-order chi connectivity index (χ1) is 6.57. The highest BCUT2D eigenvalue weighted by Crippen LogP contribution is 1.90. The first kappa shape index (κ1) is 10.2. The third-order valence-corrected chi connectivity index (χ3v) is 1.68. The normalized spacial score (nSPS) is 9.86. The largest absolute Gasteiger partial charge is 0.462 e. The Morgan fingerprint density at radius 1 is 1.57 bits per heavy atom. The second-order valence-corrected chi connectivity index (χ2v) is 2.59. The molecule has 1 N–H and O–H groups in total. The number of carbonyl (C=O) groups excluding carboxylic acids is 1. The quantitative estimate of drug-likeness (QED) is 0.634. The van der Waals surface area contributed by atoms with Gasteiger partial charge in [-0.1, -0.05) is 0 Å². The number of hydrogen-bond acceptors (Lipinski definition) is 4. The van der Waals surface area contributed by atoms with Gasteiger partial charge in [0.2, 0.25) is 0 Å². The van der Waals surface area contributed by atoms with Crippen LogP contribution in [0.5, 0.6) is 0 Å². The summed E-state index contributed by atoms with van der Waals surface area (Å²) < 4.78 is 5.44. The third-order valence-electron chi connectivity index (χ3n) is 1.68. The minimum atomic E-state index is -0.732. The van der Waals surface area contributed by atoms with Gasteiger partial charge in [-0.05, 0) is 6.92 Å². The SMILES string of the molecule is CCOC(=O)c1c[nH]c(=O)n(C)c1=O. The highest BCUT2D eigenvalue weighted by molar-refractivity contribution is 5.88. The number of carbonyl (C=O) groups is 1. The highest BCUT2D eigenvalue weighted by Gasteiger charge is 2.13. The van der Waals surface area contributed by atoms with Gasteiger partial charge in [0.25, 0.3) is 5.56 Å². The van der Waals surface area contributed by atoms with Crippen molar-refractivity contribution < 1.29 is 9.53 Å². The Morgan fingerprint density at radius 2 is 2.21 bits per heavy atom. The molecule has 1 aromatic rings. The van der Waals surface area contributed by atoms with E-state index in [9.17, 15) is 14.4 Å². The summed E-state index contributed by atoms with van der Waals surface area (Å²) in [6, 6.07) is 0. The Hall–Kier alpha value is -1.85. The van der Waals surface area contributed by atoms with Crippen LogP contribution in [0.2, 0.25) is 0 Å². The van der Waals surface area contributed by atoms with Crippen molar-refractivity contribution in [2.45, 2.75) is 6.92 Å². The maximum atomic E-state index is 11.3. The Kier molecular flexibility index (Phi) is 2.85. The molecule has 0 saturated heterocycles. The Balaban J connectivity index is 3.25. The van der Waals surface area contributed by atoms with Crippen LogP contribution < -0.4 is 11.2 Å². The van der Waals surface area contributed by atoms with Crippen LogP contribution in [0.3, 0.4) is 0 Å². The first-order valence-corrected chi connectivity index (χ1v) is 4.03. The van der Waals surface area contributed by atoms with Gasteiger partial charge in [-0.2, -0.15) is 0 Å². The van der Waals surface area contributed by atoms with E-state index in [1.54, 1.807) is 6.92 Å². The van der Waals surface area contributed by atoms with Gasteiger partial charge in [0.15, 0.2) is 0 Å². The van der Waals surface area contributed by atoms with Crippen LogP contribution in [0, 0.1) is 0 Å². The highest BCUT2D eigenvalue weighted by atomic mass is 16.5. The van der Waals surface area contributed by atoms with E-state index < -0.39 is 17.2 Å². The van der Waals surface area contributed by atoms with Crippen LogP contribution >= 0.6 is 0 Å². The standard InChI is InChI=1S/C8H10N2O4/c1-3-14-7(12)5-4-9-8(13)10(2)6(5)11/h4H,3H2,1-2H3,(H,9,13). The van der Waals surface area contributed by atoms with Gasteiger partial charge in [0, 0.05) is 13.2 Å². The van der Waals surface area contributed by atoms with E-state index in [-0.39, 0.29) is 12.2 Å². The van der Waals surface area contributed by atoms with E-state index in [0.717, 1.165) is 10.8 Å². The molecular weight excluding hydrogens is 188 g/mol. The molecule has 1 rings (SSSR count). The number of ether oxygens (including phenoxy) is 1. The molecule has 0 saturated carbocycles. The summed E-state index contributed by atoms with van der Waals surface area (Å²) >= 11 is 0. The van der Waals surface area contributed by atoms with Gasteiger partial charge in [-0.15, -0.1) is 0 Å². The molecule has 1 heterocycles. The van der Waals surface area contributed by atoms with Crippen LogP contribution in [0.15, 0.2) is 15.8 Å². The van der Waals surface area contributed by atoms with Crippen molar-refractivity contribution in [3.63, 3.8) is 0 Å². The Morgan fingerprint density at radius 3 is 2.79 bits per heavy atom. The van der Waals surface area contributed by atoms with E-state index in [1.807, 2.05) is 0 Å². The molecule has 0 aliphatic carbocycles. The Bertz CT molecular complexity index is 457. The number of H-pyrrole nitrogens is 1. The summed E-state index contributed by atoms with van der Waals surface area (Å²) in [5.74, 6) is -0.732. The molecule has 0 atom stereocenters. The lowest BCUT2D eigenvalue weighted by Crippen LogP contribution is -2.36. The number of aromatic amines is 1. The molecule has 0 aliphatic heterocycles. The maximum Gasteiger partial charge on any atom is 0.345 e. The van der Waals surface area contributed by atoms with Crippen molar-refractivity contribution in [2.75, 3.05) is 6.61 Å². The average molecular weight is 198 g/mol. The van der Waals surface area contributed by atoms with Crippen molar-refractivity contribution in [3.8, 4) is 0 Å². The summed E-state index contributed by atoms with van der Waals surface area (Å²) in [5, 5.41) is 0. The molecule has 0 amide bonds. The second-order valence-electron chi connectivity index (χ2n) is 2.59. The molecule has 0 bridgehead atoms. The lowest BCUT2D eigenvalue weighted by molar-refractivity contribution is 0.0523. The van der Waals surface area contributed by atoms with E-state index >= 15 is 0 Å². The third kappa shape index (κ3) is 1.73. The number of nitrogens with one attached hydrogen (secondary N) is 1. The minimum absolute atomic E-state index is 0.172. The zero-order chi connectivity index (χ0) is 10.7. The van der Waals surface area contributed by atoms with Crippen molar-refractivity contribution in [1.82, 2.24) is 9.55 Å². The maximum absolute atomic E-state index is 11.3. The van der Waals surface area contributed by atoms with E-state index in [2.05, 4.69) is 9.72 Å². The molecule has 6 nitrogen and oxygen atoms in total. The second kappa shape index (κ2) is 3.91. The summed E-state index contributed by atoms with van der Waals surface area (Å²) in [7, 11) is 1.28. The van der Waals surface area contributed by atoms with Gasteiger partial charge >= 0.3 is 11.7 Å². The van der Waals surface area contributed by atoms with Gasteiger partial charge in [-0.3, -0.25) is 9.36 Å². The molecule has 76 valence electrons. The fourth-order valence-corrected chi connectivity index (χ4v) is 0.920. The minimum Gasteiger partial charge on any atom is -0.462 e. The summed E-state index contributed by atoms with van der Waals surface area (Å²) in [6.07, 6.45) is 1.06. The zero-order valence-electron chi connectivity index (χ0n) is 7.86.